The number of rotatable bonds is 4. The summed E-state index contributed by atoms with van der Waals surface area (Å²) in [6.45, 7) is 6.18. The summed E-state index contributed by atoms with van der Waals surface area (Å²) in [6.07, 6.45) is 2.24. The topological polar surface area (TPSA) is 9.72 Å². The highest BCUT2D eigenvalue weighted by Gasteiger charge is 2.28. The third kappa shape index (κ3) is 4.50. The van der Waals surface area contributed by atoms with Crippen LogP contribution < -0.4 is 4.90 Å². The van der Waals surface area contributed by atoms with E-state index in [9.17, 15) is 13.2 Å². The minimum Gasteiger partial charge on any atom is -0.369 e. The van der Waals surface area contributed by atoms with E-state index < -0.39 is 11.6 Å². The molecule has 0 radical (unpaired) electrons. The van der Waals surface area contributed by atoms with E-state index in [1.165, 1.54) is 18.2 Å². The van der Waals surface area contributed by atoms with E-state index in [0.717, 1.165) is 63.9 Å². The van der Waals surface area contributed by atoms with Crippen molar-refractivity contribution in [2.24, 2.45) is 0 Å². The number of halogens is 3. The summed E-state index contributed by atoms with van der Waals surface area (Å²) < 4.78 is 40.2. The first-order valence-electron chi connectivity index (χ1n) is 9.99. The van der Waals surface area contributed by atoms with Gasteiger partial charge in [-0.15, -0.1) is 0 Å². The van der Waals surface area contributed by atoms with Crippen LogP contribution in [0.25, 0.3) is 0 Å². The molecule has 1 atom stereocenters. The standard InChI is InChI=1S/C22H26F3N3/c23-18-5-7-20(8-6-18)27-10-12-28(13-11-27)21-2-1-9-26(16-21)15-17-3-4-19(24)14-22(17)25/h3-8,14,21H,1-2,9-13,15-16H2. The van der Waals surface area contributed by atoms with Crippen LogP contribution in [-0.2, 0) is 6.54 Å². The Labute approximate surface area is 164 Å². The Morgan fingerprint density at radius 1 is 0.821 bits per heavy atom. The Morgan fingerprint density at radius 3 is 2.25 bits per heavy atom. The maximum absolute atomic E-state index is 14.0. The number of anilines is 1. The van der Waals surface area contributed by atoms with Crippen molar-refractivity contribution in [3.63, 3.8) is 0 Å². The molecule has 4 rings (SSSR count). The van der Waals surface area contributed by atoms with Crippen molar-refractivity contribution in [3.05, 3.63) is 65.5 Å². The molecule has 0 bridgehead atoms. The predicted molar refractivity (Wildman–Crippen MR) is 105 cm³/mol. The molecular weight excluding hydrogens is 363 g/mol. The van der Waals surface area contributed by atoms with Crippen molar-refractivity contribution >= 4 is 5.69 Å². The molecule has 28 heavy (non-hydrogen) atoms. The third-order valence-corrected chi connectivity index (χ3v) is 5.91. The lowest BCUT2D eigenvalue weighted by Crippen LogP contribution is -2.55. The van der Waals surface area contributed by atoms with Crippen LogP contribution in [0.3, 0.4) is 0 Å². The smallest absolute Gasteiger partial charge is 0.130 e. The largest absolute Gasteiger partial charge is 0.369 e. The molecule has 2 aliphatic heterocycles. The molecular formula is C22H26F3N3. The number of hydrogen-bond donors (Lipinski definition) is 0. The lowest BCUT2D eigenvalue weighted by Gasteiger charge is -2.44. The molecule has 1 unspecified atom stereocenters. The van der Waals surface area contributed by atoms with Gasteiger partial charge in [-0.3, -0.25) is 9.80 Å². The second-order valence-corrected chi connectivity index (χ2v) is 7.77. The monoisotopic (exact) mass is 389 g/mol. The molecule has 2 heterocycles. The molecule has 2 aromatic carbocycles. The highest BCUT2D eigenvalue weighted by atomic mass is 19.1. The summed E-state index contributed by atoms with van der Waals surface area (Å²) >= 11 is 0. The van der Waals surface area contributed by atoms with E-state index in [4.69, 9.17) is 0 Å². The fraction of sp³-hybridized carbons (Fsp3) is 0.455. The average molecular weight is 389 g/mol. The summed E-state index contributed by atoms with van der Waals surface area (Å²) in [6, 6.07) is 11.0. The fourth-order valence-electron chi connectivity index (χ4n) is 4.36. The van der Waals surface area contributed by atoms with Gasteiger partial charge in [0.25, 0.3) is 0 Å². The number of benzene rings is 2. The van der Waals surface area contributed by atoms with E-state index in [1.807, 2.05) is 12.1 Å². The maximum Gasteiger partial charge on any atom is 0.130 e. The molecule has 2 aromatic rings. The molecule has 0 saturated carbocycles. The van der Waals surface area contributed by atoms with Gasteiger partial charge in [0.05, 0.1) is 0 Å². The van der Waals surface area contributed by atoms with E-state index >= 15 is 0 Å². The summed E-state index contributed by atoms with van der Waals surface area (Å²) in [5, 5.41) is 0. The average Bonchev–Trinajstić information content (AvgIpc) is 2.71. The van der Waals surface area contributed by atoms with Crippen LogP contribution in [0, 0.1) is 17.5 Å². The first-order valence-corrected chi connectivity index (χ1v) is 9.99. The second kappa shape index (κ2) is 8.53. The van der Waals surface area contributed by atoms with E-state index in [-0.39, 0.29) is 5.82 Å². The summed E-state index contributed by atoms with van der Waals surface area (Å²) in [5.74, 6) is -1.20. The first kappa shape index (κ1) is 19.3. The number of piperazine rings is 1. The van der Waals surface area contributed by atoms with Crippen molar-refractivity contribution in [3.8, 4) is 0 Å². The number of likely N-dealkylation sites (tertiary alicyclic amines) is 1. The van der Waals surface area contributed by atoms with Gasteiger partial charge in [0, 0.05) is 62.6 Å². The van der Waals surface area contributed by atoms with Gasteiger partial charge in [0.2, 0.25) is 0 Å². The highest BCUT2D eigenvalue weighted by Crippen LogP contribution is 2.23. The highest BCUT2D eigenvalue weighted by molar-refractivity contribution is 5.46. The van der Waals surface area contributed by atoms with Crippen LogP contribution in [0.1, 0.15) is 18.4 Å². The van der Waals surface area contributed by atoms with Crippen molar-refractivity contribution < 1.29 is 13.2 Å². The molecule has 2 fully saturated rings. The second-order valence-electron chi connectivity index (χ2n) is 7.77. The zero-order chi connectivity index (χ0) is 19.5. The SMILES string of the molecule is Fc1ccc(N2CCN(C3CCCN(Cc4ccc(F)cc4F)C3)CC2)cc1. The Kier molecular flexibility index (Phi) is 5.87. The van der Waals surface area contributed by atoms with Crippen LogP contribution >= 0.6 is 0 Å². The van der Waals surface area contributed by atoms with Gasteiger partial charge in [0.1, 0.15) is 17.5 Å². The molecule has 0 amide bonds. The van der Waals surface area contributed by atoms with Gasteiger partial charge >= 0.3 is 0 Å². The zero-order valence-electron chi connectivity index (χ0n) is 16.0. The van der Waals surface area contributed by atoms with Gasteiger partial charge < -0.3 is 4.90 Å². The molecule has 0 N–H and O–H groups in total. The Bertz CT molecular complexity index is 788. The van der Waals surface area contributed by atoms with Gasteiger partial charge in [-0.2, -0.15) is 0 Å². The van der Waals surface area contributed by atoms with E-state index in [0.29, 0.717) is 18.2 Å². The van der Waals surface area contributed by atoms with Crippen LogP contribution in [0.2, 0.25) is 0 Å². The minimum atomic E-state index is -0.531. The number of piperidine rings is 1. The fourth-order valence-corrected chi connectivity index (χ4v) is 4.36. The normalized spacial score (nSPS) is 21.8. The molecule has 0 aromatic heterocycles. The van der Waals surface area contributed by atoms with Gasteiger partial charge in [0.15, 0.2) is 0 Å². The molecule has 0 spiro atoms. The Balaban J connectivity index is 1.32. The molecule has 6 heteroatoms. The molecule has 3 nitrogen and oxygen atoms in total. The quantitative estimate of drug-likeness (QED) is 0.786. The van der Waals surface area contributed by atoms with Crippen molar-refractivity contribution in [1.82, 2.24) is 9.80 Å². The van der Waals surface area contributed by atoms with E-state index in [1.54, 1.807) is 6.07 Å². The molecule has 0 aliphatic carbocycles. The third-order valence-electron chi connectivity index (χ3n) is 5.91. The Morgan fingerprint density at radius 2 is 1.54 bits per heavy atom. The van der Waals surface area contributed by atoms with Crippen LogP contribution in [-0.4, -0.2) is 55.1 Å². The van der Waals surface area contributed by atoms with Gasteiger partial charge in [-0.05, 0) is 49.7 Å². The van der Waals surface area contributed by atoms with Crippen molar-refractivity contribution in [2.75, 3.05) is 44.2 Å². The lowest BCUT2D eigenvalue weighted by molar-refractivity contribution is 0.0881. The Hall–Kier alpha value is -2.05. The van der Waals surface area contributed by atoms with E-state index in [2.05, 4.69) is 14.7 Å². The lowest BCUT2D eigenvalue weighted by atomic mass is 10.0. The summed E-state index contributed by atoms with van der Waals surface area (Å²) in [7, 11) is 0. The van der Waals surface area contributed by atoms with Gasteiger partial charge in [-0.1, -0.05) is 6.07 Å². The first-order chi connectivity index (χ1) is 13.6. The zero-order valence-corrected chi connectivity index (χ0v) is 16.0. The summed E-state index contributed by atoms with van der Waals surface area (Å²) in [5.41, 5.74) is 1.63. The molecule has 2 aliphatic rings. The van der Waals surface area contributed by atoms with Crippen LogP contribution in [0.5, 0.6) is 0 Å². The summed E-state index contributed by atoms with van der Waals surface area (Å²) in [4.78, 5) is 7.09. The molecule has 2 saturated heterocycles. The van der Waals surface area contributed by atoms with Crippen molar-refractivity contribution in [2.45, 2.75) is 25.4 Å². The number of hydrogen-bond acceptors (Lipinski definition) is 3. The van der Waals surface area contributed by atoms with Gasteiger partial charge in [-0.25, -0.2) is 13.2 Å². The number of nitrogens with zero attached hydrogens (tertiary/aromatic N) is 3. The van der Waals surface area contributed by atoms with Crippen LogP contribution in [0.15, 0.2) is 42.5 Å². The predicted octanol–water partition coefficient (Wildman–Crippen LogP) is 3.89. The maximum atomic E-state index is 14.0. The van der Waals surface area contributed by atoms with Crippen LogP contribution in [0.4, 0.5) is 18.9 Å². The minimum absolute atomic E-state index is 0.206. The van der Waals surface area contributed by atoms with Crippen molar-refractivity contribution in [1.29, 1.82) is 0 Å². The molecule has 150 valence electrons.